The highest BCUT2D eigenvalue weighted by Crippen LogP contribution is 2.21. The third-order valence-electron chi connectivity index (χ3n) is 2.83. The summed E-state index contributed by atoms with van der Waals surface area (Å²) in [5.74, 6) is 0.866. The van der Waals surface area contributed by atoms with Gasteiger partial charge in [-0.05, 0) is 42.0 Å². The predicted molar refractivity (Wildman–Crippen MR) is 78.7 cm³/mol. The molecule has 2 N–H and O–H groups in total. The molecule has 2 aromatic carbocycles. The van der Waals surface area contributed by atoms with Crippen molar-refractivity contribution < 1.29 is 8.95 Å². The molecule has 0 saturated heterocycles. The normalized spacial score (nSPS) is 11.6. The molecule has 0 saturated carbocycles. The van der Waals surface area contributed by atoms with Crippen LogP contribution in [0.1, 0.15) is 11.1 Å². The van der Waals surface area contributed by atoms with Crippen molar-refractivity contribution in [3.63, 3.8) is 0 Å². The van der Waals surface area contributed by atoms with E-state index in [4.69, 9.17) is 15.7 Å². The summed E-state index contributed by atoms with van der Waals surface area (Å²) in [6, 6.07) is 14.2. The van der Waals surface area contributed by atoms with Crippen LogP contribution >= 0.6 is 0 Å². The van der Waals surface area contributed by atoms with Gasteiger partial charge in [-0.3, -0.25) is 4.21 Å². The molecule has 2 aromatic rings. The topological polar surface area (TPSA) is 76.1 Å². The number of nitrogen functional groups attached to an aromatic ring is 1. The molecule has 0 aromatic heterocycles. The van der Waals surface area contributed by atoms with Crippen molar-refractivity contribution in [3.8, 4) is 11.8 Å². The molecule has 0 amide bonds. The minimum absolute atomic E-state index is 0.367. The zero-order valence-electron chi connectivity index (χ0n) is 11.0. The van der Waals surface area contributed by atoms with Crippen LogP contribution in [0, 0.1) is 11.3 Å². The molecule has 0 radical (unpaired) electrons. The van der Waals surface area contributed by atoms with E-state index in [1.807, 2.05) is 0 Å². The molecule has 1 unspecified atom stereocenters. The zero-order valence-corrected chi connectivity index (χ0v) is 11.8. The number of nitrogens with two attached hydrogens (primary N) is 1. The molecule has 0 fully saturated rings. The lowest BCUT2D eigenvalue weighted by molar-refractivity contribution is 0.413. The Morgan fingerprint density at radius 2 is 1.95 bits per heavy atom. The molecule has 20 heavy (non-hydrogen) atoms. The van der Waals surface area contributed by atoms with Gasteiger partial charge in [-0.25, -0.2) is 0 Å². The van der Waals surface area contributed by atoms with E-state index < -0.39 is 10.8 Å². The molecular weight excluding hydrogens is 272 g/mol. The van der Waals surface area contributed by atoms with E-state index in [1.54, 1.807) is 42.5 Å². The van der Waals surface area contributed by atoms with Crippen molar-refractivity contribution in [1.29, 1.82) is 5.26 Å². The Kier molecular flexibility index (Phi) is 4.38. The molecule has 0 spiro atoms. The highest BCUT2D eigenvalue weighted by molar-refractivity contribution is 7.84. The van der Waals surface area contributed by atoms with Gasteiger partial charge < -0.3 is 10.5 Å². The number of methoxy groups -OCH3 is 1. The van der Waals surface area contributed by atoms with Gasteiger partial charge in [-0.2, -0.15) is 5.26 Å². The molecule has 1 atom stereocenters. The van der Waals surface area contributed by atoms with E-state index >= 15 is 0 Å². The van der Waals surface area contributed by atoms with E-state index in [9.17, 15) is 4.21 Å². The Balaban J connectivity index is 2.20. The first kappa shape index (κ1) is 14.1. The number of nitriles is 1. The van der Waals surface area contributed by atoms with Gasteiger partial charge in [-0.1, -0.05) is 6.07 Å². The second-order valence-corrected chi connectivity index (χ2v) is 5.66. The van der Waals surface area contributed by atoms with Crippen molar-refractivity contribution in [1.82, 2.24) is 0 Å². The Labute approximate surface area is 120 Å². The van der Waals surface area contributed by atoms with Gasteiger partial charge in [0.25, 0.3) is 0 Å². The number of benzene rings is 2. The second-order valence-electron chi connectivity index (χ2n) is 4.21. The Morgan fingerprint density at radius 3 is 2.55 bits per heavy atom. The summed E-state index contributed by atoms with van der Waals surface area (Å²) >= 11 is 0. The fourth-order valence-corrected chi connectivity index (χ4v) is 2.86. The standard InChI is InChI=1S/C15H14N2O2S/c1-19-15-8-11(2-3-12(15)9-16)10-20(18)14-6-4-13(17)5-7-14/h2-8H,10,17H2,1H3. The Morgan fingerprint density at radius 1 is 1.25 bits per heavy atom. The van der Waals surface area contributed by atoms with Gasteiger partial charge in [0, 0.05) is 10.6 Å². The maximum absolute atomic E-state index is 12.2. The number of nitrogens with zero attached hydrogens (tertiary/aromatic N) is 1. The van der Waals surface area contributed by atoms with Gasteiger partial charge >= 0.3 is 0 Å². The lowest BCUT2D eigenvalue weighted by Crippen LogP contribution is -1.98. The molecule has 102 valence electrons. The summed E-state index contributed by atoms with van der Waals surface area (Å²) in [6.07, 6.45) is 0. The van der Waals surface area contributed by atoms with Crippen molar-refractivity contribution in [2.24, 2.45) is 0 Å². The number of hydrogen-bond donors (Lipinski definition) is 1. The molecule has 0 aliphatic carbocycles. The maximum Gasteiger partial charge on any atom is 0.136 e. The van der Waals surface area contributed by atoms with Gasteiger partial charge in [-0.15, -0.1) is 0 Å². The summed E-state index contributed by atoms with van der Waals surface area (Å²) in [5.41, 5.74) is 7.57. The minimum atomic E-state index is -1.16. The predicted octanol–water partition coefficient (Wildman–Crippen LogP) is 2.46. The van der Waals surface area contributed by atoms with E-state index in [1.165, 1.54) is 7.11 Å². The first-order valence-corrected chi connectivity index (χ1v) is 7.27. The SMILES string of the molecule is COc1cc(CS(=O)c2ccc(N)cc2)ccc1C#N. The second kappa shape index (κ2) is 6.22. The quantitative estimate of drug-likeness (QED) is 0.876. The highest BCUT2D eigenvalue weighted by atomic mass is 32.2. The third-order valence-corrected chi connectivity index (χ3v) is 4.22. The lowest BCUT2D eigenvalue weighted by Gasteiger charge is -2.07. The van der Waals surface area contributed by atoms with Crippen LogP contribution in [-0.4, -0.2) is 11.3 Å². The van der Waals surface area contributed by atoms with Crippen LogP contribution in [0.5, 0.6) is 5.75 Å². The van der Waals surface area contributed by atoms with Gasteiger partial charge in [0.1, 0.15) is 11.8 Å². The maximum atomic E-state index is 12.2. The van der Waals surface area contributed by atoms with Crippen molar-refractivity contribution in [2.45, 2.75) is 10.6 Å². The Hall–Kier alpha value is -2.32. The summed E-state index contributed by atoms with van der Waals surface area (Å²) in [4.78, 5) is 0.725. The van der Waals surface area contributed by atoms with Crippen LogP contribution in [0.4, 0.5) is 5.69 Å². The molecular formula is C15H14N2O2S. The summed E-state index contributed by atoms with van der Waals surface area (Å²) < 4.78 is 17.4. The van der Waals surface area contributed by atoms with Crippen LogP contribution < -0.4 is 10.5 Å². The Bertz CT molecular complexity index is 675. The fraction of sp³-hybridized carbons (Fsp3) is 0.133. The van der Waals surface area contributed by atoms with Gasteiger partial charge in [0.15, 0.2) is 0 Å². The fourth-order valence-electron chi connectivity index (χ4n) is 1.77. The van der Waals surface area contributed by atoms with Crippen LogP contribution in [0.15, 0.2) is 47.4 Å². The zero-order chi connectivity index (χ0) is 14.5. The van der Waals surface area contributed by atoms with Crippen LogP contribution in [0.25, 0.3) is 0 Å². The van der Waals surface area contributed by atoms with Crippen molar-refractivity contribution in [3.05, 3.63) is 53.6 Å². The first-order chi connectivity index (χ1) is 9.63. The van der Waals surface area contributed by atoms with Crippen LogP contribution in [-0.2, 0) is 16.6 Å². The molecule has 5 heteroatoms. The van der Waals surface area contributed by atoms with E-state index in [0.717, 1.165) is 10.5 Å². The van der Waals surface area contributed by atoms with Crippen LogP contribution in [0.2, 0.25) is 0 Å². The smallest absolute Gasteiger partial charge is 0.136 e. The largest absolute Gasteiger partial charge is 0.495 e. The lowest BCUT2D eigenvalue weighted by atomic mass is 10.1. The summed E-state index contributed by atoms with van der Waals surface area (Å²) in [6.45, 7) is 0. The third kappa shape index (κ3) is 3.16. The summed E-state index contributed by atoms with van der Waals surface area (Å²) in [7, 11) is 0.355. The number of rotatable bonds is 4. The first-order valence-electron chi connectivity index (χ1n) is 5.95. The van der Waals surface area contributed by atoms with Gasteiger partial charge in [0.05, 0.1) is 29.2 Å². The molecule has 0 heterocycles. The molecule has 4 nitrogen and oxygen atoms in total. The number of hydrogen-bond acceptors (Lipinski definition) is 4. The van der Waals surface area contributed by atoms with E-state index in [0.29, 0.717) is 22.8 Å². The molecule has 0 aliphatic rings. The minimum Gasteiger partial charge on any atom is -0.495 e. The summed E-state index contributed by atoms with van der Waals surface area (Å²) in [5, 5.41) is 8.92. The van der Waals surface area contributed by atoms with Crippen molar-refractivity contribution in [2.75, 3.05) is 12.8 Å². The molecule has 0 bridgehead atoms. The average Bonchev–Trinajstić information content (AvgIpc) is 2.47. The van der Waals surface area contributed by atoms with Crippen molar-refractivity contribution >= 4 is 16.5 Å². The molecule has 2 rings (SSSR count). The van der Waals surface area contributed by atoms with E-state index in [2.05, 4.69) is 6.07 Å². The monoisotopic (exact) mass is 286 g/mol. The van der Waals surface area contributed by atoms with Crippen LogP contribution in [0.3, 0.4) is 0 Å². The van der Waals surface area contributed by atoms with E-state index in [-0.39, 0.29) is 0 Å². The van der Waals surface area contributed by atoms with Gasteiger partial charge in [0.2, 0.25) is 0 Å². The molecule has 0 aliphatic heterocycles. The number of anilines is 1. The average molecular weight is 286 g/mol. The number of ether oxygens (including phenoxy) is 1. The highest BCUT2D eigenvalue weighted by Gasteiger charge is 2.08.